The van der Waals surface area contributed by atoms with E-state index in [-0.39, 0.29) is 17.6 Å². The van der Waals surface area contributed by atoms with Gasteiger partial charge >= 0.3 is 0 Å². The van der Waals surface area contributed by atoms with Crippen LogP contribution in [-0.4, -0.2) is 41.8 Å². The molecule has 0 unspecified atom stereocenters. The molecule has 2 aromatic heterocycles. The molecule has 3 N–H and O–H groups in total. The van der Waals surface area contributed by atoms with Crippen LogP contribution >= 0.6 is 0 Å². The predicted molar refractivity (Wildman–Crippen MR) is 98.1 cm³/mol. The van der Waals surface area contributed by atoms with Crippen molar-refractivity contribution in [2.75, 3.05) is 5.32 Å². The minimum Gasteiger partial charge on any atom is -0.364 e. The first-order chi connectivity index (χ1) is 12.8. The number of nitrogens with two attached hydrogens (primary N) is 1. The summed E-state index contributed by atoms with van der Waals surface area (Å²) in [5, 5.41) is 18.6. The van der Waals surface area contributed by atoms with Crippen LogP contribution in [0.4, 0.5) is 5.69 Å². The smallest absolute Gasteiger partial charge is 0.269 e. The molecule has 0 aliphatic carbocycles. The average Bonchev–Trinajstić information content (AvgIpc) is 3.20. The van der Waals surface area contributed by atoms with Crippen LogP contribution in [-0.2, 0) is 7.05 Å². The van der Waals surface area contributed by atoms with Gasteiger partial charge in [0.05, 0.1) is 17.4 Å². The van der Waals surface area contributed by atoms with Crippen molar-refractivity contribution in [3.05, 3.63) is 41.2 Å². The number of aryl methyl sites for hydroxylation is 2. The van der Waals surface area contributed by atoms with Gasteiger partial charge in [0.25, 0.3) is 11.8 Å². The Bertz CT molecular complexity index is 1020. The van der Waals surface area contributed by atoms with Crippen LogP contribution in [0.1, 0.15) is 46.4 Å². The number of tetrazole rings is 1. The number of hydrogen-bond acceptors (Lipinski definition) is 6. The second-order valence-corrected chi connectivity index (χ2v) is 6.37. The number of carbonyl (C=O) groups is 2. The number of aromatic nitrogens is 6. The fourth-order valence-corrected chi connectivity index (χ4v) is 2.81. The van der Waals surface area contributed by atoms with Gasteiger partial charge in [0, 0.05) is 18.2 Å². The summed E-state index contributed by atoms with van der Waals surface area (Å²) in [6, 6.07) is 7.00. The highest BCUT2D eigenvalue weighted by Gasteiger charge is 2.21. The predicted octanol–water partition coefficient (Wildman–Crippen LogP) is 1.31. The zero-order chi connectivity index (χ0) is 19.7. The van der Waals surface area contributed by atoms with Gasteiger partial charge in [-0.25, -0.2) is 4.68 Å². The number of primary amides is 1. The molecular formula is C17H20N8O2. The summed E-state index contributed by atoms with van der Waals surface area (Å²) in [7, 11) is 1.59. The minimum absolute atomic E-state index is 0.0728. The number of carbonyl (C=O) groups excluding carboxylic acids is 2. The molecule has 0 aliphatic heterocycles. The number of rotatable bonds is 5. The molecule has 0 saturated heterocycles. The van der Waals surface area contributed by atoms with E-state index in [9.17, 15) is 9.59 Å². The highest BCUT2D eigenvalue weighted by Crippen LogP contribution is 2.23. The lowest BCUT2D eigenvalue weighted by Gasteiger charge is -2.10. The highest BCUT2D eigenvalue weighted by atomic mass is 16.2. The van der Waals surface area contributed by atoms with Gasteiger partial charge in [-0.3, -0.25) is 14.3 Å². The van der Waals surface area contributed by atoms with Crippen LogP contribution in [0.5, 0.6) is 0 Å². The second-order valence-electron chi connectivity index (χ2n) is 6.37. The zero-order valence-electron chi connectivity index (χ0n) is 15.5. The Morgan fingerprint density at radius 2 is 2.00 bits per heavy atom. The molecule has 2 amide bonds. The summed E-state index contributed by atoms with van der Waals surface area (Å²) in [6.07, 6.45) is 0. The van der Waals surface area contributed by atoms with Gasteiger partial charge in [-0.15, -0.1) is 5.10 Å². The van der Waals surface area contributed by atoms with Crippen LogP contribution in [0.25, 0.3) is 11.4 Å². The molecule has 2 heterocycles. The monoisotopic (exact) mass is 368 g/mol. The van der Waals surface area contributed by atoms with Gasteiger partial charge in [-0.2, -0.15) is 5.10 Å². The Morgan fingerprint density at radius 1 is 1.26 bits per heavy atom. The Hall–Kier alpha value is -3.56. The van der Waals surface area contributed by atoms with Crippen LogP contribution < -0.4 is 11.1 Å². The lowest BCUT2D eigenvalue weighted by Crippen LogP contribution is -2.20. The summed E-state index contributed by atoms with van der Waals surface area (Å²) >= 11 is 0. The standard InChI is InChI=1S/C17H20N8O2/c1-9(2)25-16(20-22-23-25)11-6-5-7-12(8-11)17(27)19-13-10(3)21-24(4)14(13)15(18)26/h5-9H,1-4H3,(H2,18,26)(H,19,27). The molecule has 0 fully saturated rings. The van der Waals surface area contributed by atoms with Crippen LogP contribution in [0, 0.1) is 6.92 Å². The van der Waals surface area contributed by atoms with Crippen LogP contribution in [0.15, 0.2) is 24.3 Å². The Labute approximate surface area is 155 Å². The van der Waals surface area contributed by atoms with E-state index in [1.165, 1.54) is 4.68 Å². The minimum atomic E-state index is -0.668. The van der Waals surface area contributed by atoms with Gasteiger partial charge in [0.2, 0.25) is 0 Å². The Balaban J connectivity index is 1.94. The molecule has 1 aromatic carbocycles. The topological polar surface area (TPSA) is 134 Å². The number of nitrogens with one attached hydrogen (secondary N) is 1. The van der Waals surface area contributed by atoms with Crippen LogP contribution in [0.3, 0.4) is 0 Å². The number of nitrogens with zero attached hydrogens (tertiary/aromatic N) is 6. The molecule has 27 heavy (non-hydrogen) atoms. The van der Waals surface area contributed by atoms with E-state index in [2.05, 4.69) is 25.9 Å². The first kappa shape index (κ1) is 18.2. The molecule has 10 nitrogen and oxygen atoms in total. The maximum Gasteiger partial charge on any atom is 0.269 e. The van der Waals surface area contributed by atoms with E-state index in [1.54, 1.807) is 36.9 Å². The molecule has 0 aliphatic rings. The van der Waals surface area contributed by atoms with E-state index >= 15 is 0 Å². The summed E-state index contributed by atoms with van der Waals surface area (Å²) in [5.74, 6) is -0.493. The normalized spacial score (nSPS) is 11.0. The third kappa shape index (κ3) is 3.41. The van der Waals surface area contributed by atoms with E-state index in [1.807, 2.05) is 19.9 Å². The summed E-state index contributed by atoms with van der Waals surface area (Å²) < 4.78 is 3.02. The molecule has 3 rings (SSSR count). The molecular weight excluding hydrogens is 348 g/mol. The third-order valence-corrected chi connectivity index (χ3v) is 4.06. The van der Waals surface area contributed by atoms with Gasteiger partial charge in [0.15, 0.2) is 5.82 Å². The van der Waals surface area contributed by atoms with Crippen molar-refractivity contribution in [3.63, 3.8) is 0 Å². The molecule has 0 saturated carbocycles. The Kier molecular flexibility index (Phi) is 4.72. The number of hydrogen-bond donors (Lipinski definition) is 2. The van der Waals surface area contributed by atoms with Gasteiger partial charge < -0.3 is 11.1 Å². The fourth-order valence-electron chi connectivity index (χ4n) is 2.81. The molecule has 10 heteroatoms. The van der Waals surface area contributed by atoms with Crippen molar-refractivity contribution < 1.29 is 9.59 Å². The molecule has 140 valence electrons. The van der Waals surface area contributed by atoms with Gasteiger partial charge in [-0.1, -0.05) is 12.1 Å². The third-order valence-electron chi connectivity index (χ3n) is 4.06. The lowest BCUT2D eigenvalue weighted by atomic mass is 10.1. The molecule has 3 aromatic rings. The second kappa shape index (κ2) is 6.98. The van der Waals surface area contributed by atoms with Gasteiger partial charge in [-0.05, 0) is 43.3 Å². The molecule has 0 radical (unpaired) electrons. The largest absolute Gasteiger partial charge is 0.364 e. The average molecular weight is 368 g/mol. The van der Waals surface area contributed by atoms with Crippen molar-refractivity contribution >= 4 is 17.5 Å². The fraction of sp³-hybridized carbons (Fsp3) is 0.294. The number of amides is 2. The van der Waals surface area contributed by atoms with Gasteiger partial charge in [0.1, 0.15) is 5.69 Å². The first-order valence-electron chi connectivity index (χ1n) is 8.32. The molecule has 0 spiro atoms. The first-order valence-corrected chi connectivity index (χ1v) is 8.32. The highest BCUT2D eigenvalue weighted by molar-refractivity contribution is 6.09. The lowest BCUT2D eigenvalue weighted by molar-refractivity contribution is 0.0992. The van der Waals surface area contributed by atoms with Crippen molar-refractivity contribution in [1.82, 2.24) is 30.0 Å². The quantitative estimate of drug-likeness (QED) is 0.697. The van der Waals surface area contributed by atoms with E-state index in [4.69, 9.17) is 5.73 Å². The van der Waals surface area contributed by atoms with E-state index in [0.29, 0.717) is 28.3 Å². The van der Waals surface area contributed by atoms with Crippen molar-refractivity contribution in [2.24, 2.45) is 12.8 Å². The van der Waals surface area contributed by atoms with Crippen molar-refractivity contribution in [3.8, 4) is 11.4 Å². The molecule has 0 bridgehead atoms. The summed E-state index contributed by atoms with van der Waals surface area (Å²) in [4.78, 5) is 24.4. The summed E-state index contributed by atoms with van der Waals surface area (Å²) in [5.41, 5.74) is 7.44. The number of benzene rings is 1. The van der Waals surface area contributed by atoms with Crippen molar-refractivity contribution in [2.45, 2.75) is 26.8 Å². The maximum atomic E-state index is 12.7. The summed E-state index contributed by atoms with van der Waals surface area (Å²) in [6.45, 7) is 5.62. The van der Waals surface area contributed by atoms with E-state index in [0.717, 1.165) is 0 Å². The molecule has 0 atom stereocenters. The van der Waals surface area contributed by atoms with Crippen molar-refractivity contribution in [1.29, 1.82) is 0 Å². The zero-order valence-corrected chi connectivity index (χ0v) is 15.5. The van der Waals surface area contributed by atoms with Crippen LogP contribution in [0.2, 0.25) is 0 Å². The Morgan fingerprint density at radius 3 is 2.67 bits per heavy atom. The SMILES string of the molecule is Cc1nn(C)c(C(N)=O)c1NC(=O)c1cccc(-c2nnnn2C(C)C)c1. The van der Waals surface area contributed by atoms with E-state index < -0.39 is 5.91 Å². The number of anilines is 1. The maximum absolute atomic E-state index is 12.7.